The average Bonchev–Trinajstić information content (AvgIpc) is 2.87. The summed E-state index contributed by atoms with van der Waals surface area (Å²) >= 11 is 0. The van der Waals surface area contributed by atoms with Crippen molar-refractivity contribution in [2.45, 2.75) is 0 Å². The number of hydrogen-bond acceptors (Lipinski definition) is 5. The van der Waals surface area contributed by atoms with Crippen molar-refractivity contribution in [3.8, 4) is 11.5 Å². The van der Waals surface area contributed by atoms with E-state index < -0.39 is 17.6 Å². The van der Waals surface area contributed by atoms with Crippen molar-refractivity contribution in [3.05, 3.63) is 48.0 Å². The third-order valence-electron chi connectivity index (χ3n) is 3.85. The van der Waals surface area contributed by atoms with Crippen LogP contribution in [-0.2, 0) is 9.59 Å². The SMILES string of the molecule is COc1ccc(NC(=O)CN2C(=O)C(=O)c3ccccc32)cc1OC. The standard InChI is InChI=1S/C18H16N2O5/c1-24-14-8-7-11(9-15(14)25-2)19-16(21)10-20-13-6-4-3-5-12(13)17(22)18(20)23/h3-9H,10H2,1-2H3,(H,19,21). The van der Waals surface area contributed by atoms with Crippen molar-refractivity contribution in [1.82, 2.24) is 0 Å². The molecule has 7 heteroatoms. The molecular formula is C18H16N2O5. The van der Waals surface area contributed by atoms with Gasteiger partial charge in [-0.05, 0) is 24.3 Å². The van der Waals surface area contributed by atoms with Gasteiger partial charge in [0.25, 0.3) is 11.7 Å². The first-order valence-corrected chi connectivity index (χ1v) is 7.52. The Labute approximate surface area is 144 Å². The fraction of sp³-hybridized carbons (Fsp3) is 0.167. The van der Waals surface area contributed by atoms with E-state index in [9.17, 15) is 14.4 Å². The number of benzene rings is 2. The van der Waals surface area contributed by atoms with Crippen LogP contribution in [0.5, 0.6) is 11.5 Å². The van der Waals surface area contributed by atoms with Crippen LogP contribution in [-0.4, -0.2) is 38.4 Å². The molecule has 0 atom stereocenters. The number of carbonyl (C=O) groups is 3. The largest absolute Gasteiger partial charge is 0.493 e. The number of ketones is 1. The molecule has 3 rings (SSSR count). The summed E-state index contributed by atoms with van der Waals surface area (Å²) in [6.45, 7) is -0.254. The van der Waals surface area contributed by atoms with Crippen LogP contribution in [0.2, 0.25) is 0 Å². The third kappa shape index (κ3) is 3.03. The molecule has 0 unspecified atom stereocenters. The highest BCUT2D eigenvalue weighted by atomic mass is 16.5. The molecule has 1 aliphatic rings. The van der Waals surface area contributed by atoms with E-state index in [-0.39, 0.29) is 6.54 Å². The number of nitrogens with zero attached hydrogens (tertiary/aromatic N) is 1. The van der Waals surface area contributed by atoms with Gasteiger partial charge in [0.15, 0.2) is 11.5 Å². The number of hydrogen-bond donors (Lipinski definition) is 1. The molecule has 7 nitrogen and oxygen atoms in total. The topological polar surface area (TPSA) is 84.9 Å². The Bertz CT molecular complexity index is 862. The minimum atomic E-state index is -0.705. The van der Waals surface area contributed by atoms with Crippen LogP contribution in [0.4, 0.5) is 11.4 Å². The molecule has 1 N–H and O–H groups in total. The molecule has 25 heavy (non-hydrogen) atoms. The second kappa shape index (κ2) is 6.64. The van der Waals surface area contributed by atoms with E-state index in [1.165, 1.54) is 19.1 Å². The van der Waals surface area contributed by atoms with Gasteiger partial charge >= 0.3 is 0 Å². The fourth-order valence-electron chi connectivity index (χ4n) is 2.66. The van der Waals surface area contributed by atoms with Crippen molar-refractivity contribution in [2.75, 3.05) is 31.0 Å². The van der Waals surface area contributed by atoms with Crippen LogP contribution in [0.1, 0.15) is 10.4 Å². The highest BCUT2D eigenvalue weighted by Crippen LogP contribution is 2.30. The zero-order valence-electron chi connectivity index (χ0n) is 13.7. The van der Waals surface area contributed by atoms with Gasteiger partial charge in [-0.25, -0.2) is 0 Å². The molecule has 2 aromatic carbocycles. The zero-order valence-corrected chi connectivity index (χ0v) is 13.7. The van der Waals surface area contributed by atoms with Crippen molar-refractivity contribution in [1.29, 1.82) is 0 Å². The van der Waals surface area contributed by atoms with Gasteiger partial charge in [-0.3, -0.25) is 19.3 Å². The minimum Gasteiger partial charge on any atom is -0.493 e. The van der Waals surface area contributed by atoms with E-state index in [0.717, 1.165) is 0 Å². The van der Waals surface area contributed by atoms with E-state index in [2.05, 4.69) is 5.32 Å². The molecule has 0 radical (unpaired) electrons. The Kier molecular flexibility index (Phi) is 4.38. The second-order valence-electron chi connectivity index (χ2n) is 5.36. The van der Waals surface area contributed by atoms with Crippen LogP contribution in [0.15, 0.2) is 42.5 Å². The molecule has 0 saturated carbocycles. The second-order valence-corrected chi connectivity index (χ2v) is 5.36. The minimum absolute atomic E-state index is 0.254. The zero-order chi connectivity index (χ0) is 18.0. The lowest BCUT2D eigenvalue weighted by Gasteiger charge is -2.16. The number of Topliss-reactive ketones (excluding diaryl/α,β-unsaturated/α-hetero) is 1. The quantitative estimate of drug-likeness (QED) is 0.840. The first-order chi connectivity index (χ1) is 12.0. The van der Waals surface area contributed by atoms with Gasteiger partial charge in [0.2, 0.25) is 5.91 Å². The lowest BCUT2D eigenvalue weighted by molar-refractivity contribution is -0.118. The van der Waals surface area contributed by atoms with E-state index >= 15 is 0 Å². The molecule has 2 aromatic rings. The summed E-state index contributed by atoms with van der Waals surface area (Å²) in [6, 6.07) is 11.5. The van der Waals surface area contributed by atoms with E-state index in [0.29, 0.717) is 28.4 Å². The third-order valence-corrected chi connectivity index (χ3v) is 3.85. The summed E-state index contributed by atoms with van der Waals surface area (Å²) in [5, 5.41) is 2.68. The Morgan fingerprint density at radius 3 is 2.48 bits per heavy atom. The number of carbonyl (C=O) groups excluding carboxylic acids is 3. The summed E-state index contributed by atoms with van der Waals surface area (Å²) in [5.74, 6) is -0.726. The summed E-state index contributed by atoms with van der Waals surface area (Å²) in [7, 11) is 3.01. The normalized spacial score (nSPS) is 12.8. The number of anilines is 2. The van der Waals surface area contributed by atoms with Gasteiger partial charge < -0.3 is 14.8 Å². The van der Waals surface area contributed by atoms with Crippen molar-refractivity contribution < 1.29 is 23.9 Å². The van der Waals surface area contributed by atoms with Crippen LogP contribution in [0, 0.1) is 0 Å². The molecule has 0 aromatic heterocycles. The Hall–Kier alpha value is -3.35. The first kappa shape index (κ1) is 16.5. The molecule has 1 aliphatic heterocycles. The van der Waals surface area contributed by atoms with Crippen LogP contribution in [0.3, 0.4) is 0 Å². The maximum Gasteiger partial charge on any atom is 0.299 e. The summed E-state index contributed by atoms with van der Waals surface area (Å²) < 4.78 is 10.3. The lowest BCUT2D eigenvalue weighted by atomic mass is 10.1. The predicted molar refractivity (Wildman–Crippen MR) is 91.3 cm³/mol. The number of para-hydroxylation sites is 1. The van der Waals surface area contributed by atoms with Gasteiger partial charge in [0, 0.05) is 11.8 Å². The number of fused-ring (bicyclic) bond motifs is 1. The van der Waals surface area contributed by atoms with Crippen LogP contribution >= 0.6 is 0 Å². The number of methoxy groups -OCH3 is 2. The number of nitrogens with one attached hydrogen (secondary N) is 1. The predicted octanol–water partition coefficient (Wildman–Crippen LogP) is 1.87. The van der Waals surface area contributed by atoms with Crippen molar-refractivity contribution in [3.63, 3.8) is 0 Å². The molecule has 0 saturated heterocycles. The van der Waals surface area contributed by atoms with E-state index in [1.54, 1.807) is 42.5 Å². The van der Waals surface area contributed by atoms with Crippen LogP contribution < -0.4 is 19.7 Å². The van der Waals surface area contributed by atoms with Crippen LogP contribution in [0.25, 0.3) is 0 Å². The Morgan fingerprint density at radius 2 is 1.76 bits per heavy atom. The maximum absolute atomic E-state index is 12.3. The van der Waals surface area contributed by atoms with Gasteiger partial charge in [-0.15, -0.1) is 0 Å². The smallest absolute Gasteiger partial charge is 0.299 e. The molecular weight excluding hydrogens is 324 g/mol. The highest BCUT2D eigenvalue weighted by Gasteiger charge is 2.36. The Morgan fingerprint density at radius 1 is 1.04 bits per heavy atom. The van der Waals surface area contributed by atoms with Crippen molar-refractivity contribution in [2.24, 2.45) is 0 Å². The molecule has 2 amide bonds. The maximum atomic E-state index is 12.3. The van der Waals surface area contributed by atoms with Crippen molar-refractivity contribution >= 4 is 29.0 Å². The van der Waals surface area contributed by atoms with E-state index in [4.69, 9.17) is 9.47 Å². The van der Waals surface area contributed by atoms with Gasteiger partial charge in [-0.2, -0.15) is 0 Å². The van der Waals surface area contributed by atoms with E-state index in [1.807, 2.05) is 0 Å². The van der Waals surface area contributed by atoms with Gasteiger partial charge in [0.1, 0.15) is 6.54 Å². The molecule has 1 heterocycles. The first-order valence-electron chi connectivity index (χ1n) is 7.52. The highest BCUT2D eigenvalue weighted by molar-refractivity contribution is 6.52. The van der Waals surface area contributed by atoms with Gasteiger partial charge in [0.05, 0.1) is 25.5 Å². The molecule has 0 fully saturated rings. The summed E-state index contributed by atoms with van der Waals surface area (Å²) in [5.41, 5.74) is 1.25. The molecule has 0 spiro atoms. The monoisotopic (exact) mass is 340 g/mol. The summed E-state index contributed by atoms with van der Waals surface area (Å²) in [4.78, 5) is 37.5. The molecule has 128 valence electrons. The number of amides is 2. The van der Waals surface area contributed by atoms with Gasteiger partial charge in [-0.1, -0.05) is 12.1 Å². The lowest BCUT2D eigenvalue weighted by Crippen LogP contribution is -2.37. The Balaban J connectivity index is 1.75. The summed E-state index contributed by atoms with van der Waals surface area (Å²) in [6.07, 6.45) is 0. The average molecular weight is 340 g/mol. The fourth-order valence-corrected chi connectivity index (χ4v) is 2.66. The molecule has 0 bridgehead atoms. The molecule has 0 aliphatic carbocycles. The number of rotatable bonds is 5. The number of ether oxygens (including phenoxy) is 2.